The van der Waals surface area contributed by atoms with Crippen molar-refractivity contribution in [3.63, 3.8) is 0 Å². The number of rotatable bonds is 7. The van der Waals surface area contributed by atoms with E-state index in [-0.39, 0.29) is 16.8 Å². The summed E-state index contributed by atoms with van der Waals surface area (Å²) in [6.45, 7) is 7.62. The third kappa shape index (κ3) is 4.86. The SMILES string of the molecule is CC(C)CC(CN)NC(=O)c1cc(S(=O)(=O)N2CCCC(C)C2)cn1C. The van der Waals surface area contributed by atoms with Crippen LogP contribution in [0.5, 0.6) is 0 Å². The summed E-state index contributed by atoms with van der Waals surface area (Å²) < 4.78 is 28.9. The van der Waals surface area contributed by atoms with Crippen molar-refractivity contribution >= 4 is 15.9 Å². The van der Waals surface area contributed by atoms with E-state index in [4.69, 9.17) is 5.73 Å². The monoisotopic (exact) mass is 384 g/mol. The lowest BCUT2D eigenvalue weighted by molar-refractivity contribution is 0.0925. The Morgan fingerprint density at radius 1 is 1.42 bits per heavy atom. The molecule has 2 rings (SSSR count). The molecule has 26 heavy (non-hydrogen) atoms. The van der Waals surface area contributed by atoms with Gasteiger partial charge in [0, 0.05) is 38.9 Å². The van der Waals surface area contributed by atoms with Crippen LogP contribution in [-0.2, 0) is 17.1 Å². The first kappa shape index (κ1) is 20.9. The molecule has 0 aromatic carbocycles. The molecule has 3 N–H and O–H groups in total. The predicted octanol–water partition coefficient (Wildman–Crippen LogP) is 1.55. The summed E-state index contributed by atoms with van der Waals surface area (Å²) in [6, 6.07) is 1.34. The highest BCUT2D eigenvalue weighted by molar-refractivity contribution is 7.89. The highest BCUT2D eigenvalue weighted by Crippen LogP contribution is 2.24. The van der Waals surface area contributed by atoms with Gasteiger partial charge in [0.05, 0.1) is 0 Å². The average molecular weight is 385 g/mol. The lowest BCUT2D eigenvalue weighted by Gasteiger charge is -2.29. The molecule has 1 amide bonds. The van der Waals surface area contributed by atoms with Gasteiger partial charge in [-0.3, -0.25) is 4.79 Å². The zero-order chi connectivity index (χ0) is 19.5. The van der Waals surface area contributed by atoms with Crippen LogP contribution in [-0.4, -0.2) is 48.9 Å². The van der Waals surface area contributed by atoms with Gasteiger partial charge in [0.15, 0.2) is 0 Å². The van der Waals surface area contributed by atoms with Crippen LogP contribution in [0.1, 0.15) is 50.5 Å². The Bertz CT molecular complexity index is 727. The number of carbonyl (C=O) groups excluding carboxylic acids is 1. The largest absolute Gasteiger partial charge is 0.347 e. The second kappa shape index (κ2) is 8.54. The lowest BCUT2D eigenvalue weighted by Crippen LogP contribution is -2.41. The molecule has 0 spiro atoms. The van der Waals surface area contributed by atoms with E-state index in [2.05, 4.69) is 26.1 Å². The molecule has 2 heterocycles. The van der Waals surface area contributed by atoms with Crippen molar-refractivity contribution in [1.82, 2.24) is 14.2 Å². The third-order valence-electron chi connectivity index (χ3n) is 4.85. The standard InChI is InChI=1S/C18H32N4O3S/c1-13(2)8-15(10-19)20-18(23)17-9-16(12-21(17)4)26(24,25)22-7-5-6-14(3)11-22/h9,12-15H,5-8,10-11,19H2,1-4H3,(H,20,23). The highest BCUT2D eigenvalue weighted by atomic mass is 32.2. The first-order valence-corrected chi connectivity index (χ1v) is 10.8. The minimum atomic E-state index is -3.58. The maximum Gasteiger partial charge on any atom is 0.268 e. The first-order chi connectivity index (χ1) is 12.1. The number of aromatic nitrogens is 1. The molecule has 1 aromatic heterocycles. The van der Waals surface area contributed by atoms with Gasteiger partial charge >= 0.3 is 0 Å². The quantitative estimate of drug-likeness (QED) is 0.745. The normalized spacial score (nSPS) is 20.3. The number of amides is 1. The molecule has 0 saturated carbocycles. The van der Waals surface area contributed by atoms with Gasteiger partial charge in [0.2, 0.25) is 10.0 Å². The van der Waals surface area contributed by atoms with E-state index >= 15 is 0 Å². The molecule has 0 radical (unpaired) electrons. The minimum absolute atomic E-state index is 0.125. The van der Waals surface area contributed by atoms with Crippen LogP contribution in [0.25, 0.3) is 0 Å². The van der Waals surface area contributed by atoms with Crippen LogP contribution in [0.15, 0.2) is 17.2 Å². The van der Waals surface area contributed by atoms with Gasteiger partial charge in [-0.2, -0.15) is 4.31 Å². The molecular formula is C18H32N4O3S. The van der Waals surface area contributed by atoms with Crippen molar-refractivity contribution < 1.29 is 13.2 Å². The van der Waals surface area contributed by atoms with Crippen molar-refractivity contribution in [2.45, 2.75) is 51.0 Å². The van der Waals surface area contributed by atoms with Crippen LogP contribution >= 0.6 is 0 Å². The fourth-order valence-electron chi connectivity index (χ4n) is 3.46. The maximum atomic E-state index is 12.9. The zero-order valence-electron chi connectivity index (χ0n) is 16.2. The van der Waals surface area contributed by atoms with Gasteiger partial charge < -0.3 is 15.6 Å². The van der Waals surface area contributed by atoms with Gasteiger partial charge in [0.1, 0.15) is 10.6 Å². The van der Waals surface area contributed by atoms with E-state index in [1.54, 1.807) is 11.6 Å². The summed E-state index contributed by atoms with van der Waals surface area (Å²) in [7, 11) is -1.89. The Labute approximate surface area is 157 Å². The number of hydrogen-bond donors (Lipinski definition) is 2. The van der Waals surface area contributed by atoms with Crippen LogP contribution in [0.4, 0.5) is 0 Å². The molecule has 1 saturated heterocycles. The van der Waals surface area contributed by atoms with E-state index in [1.807, 2.05) is 0 Å². The second-order valence-corrected chi connectivity index (χ2v) is 9.76. The van der Waals surface area contributed by atoms with Crippen molar-refractivity contribution in [3.05, 3.63) is 18.0 Å². The molecule has 1 fully saturated rings. The van der Waals surface area contributed by atoms with E-state index in [9.17, 15) is 13.2 Å². The third-order valence-corrected chi connectivity index (χ3v) is 6.68. The van der Waals surface area contributed by atoms with Crippen molar-refractivity contribution in [2.24, 2.45) is 24.6 Å². The van der Waals surface area contributed by atoms with E-state index < -0.39 is 10.0 Å². The van der Waals surface area contributed by atoms with E-state index in [0.29, 0.717) is 37.2 Å². The number of sulfonamides is 1. The number of hydrogen-bond acceptors (Lipinski definition) is 4. The van der Waals surface area contributed by atoms with Gasteiger partial charge in [-0.25, -0.2) is 8.42 Å². The molecule has 148 valence electrons. The van der Waals surface area contributed by atoms with Gasteiger partial charge in [0.25, 0.3) is 5.91 Å². The predicted molar refractivity (Wildman–Crippen MR) is 102 cm³/mol. The Morgan fingerprint density at radius 2 is 2.12 bits per heavy atom. The smallest absolute Gasteiger partial charge is 0.268 e. The molecule has 1 aliphatic rings. The minimum Gasteiger partial charge on any atom is -0.347 e. The second-order valence-electron chi connectivity index (χ2n) is 7.82. The van der Waals surface area contributed by atoms with E-state index in [1.165, 1.54) is 16.6 Å². The average Bonchev–Trinajstić information content (AvgIpc) is 2.96. The zero-order valence-corrected chi connectivity index (χ0v) is 17.1. The fourth-order valence-corrected chi connectivity index (χ4v) is 5.13. The Balaban J connectivity index is 2.18. The molecule has 1 aliphatic heterocycles. The Morgan fingerprint density at radius 3 is 2.69 bits per heavy atom. The van der Waals surface area contributed by atoms with Gasteiger partial charge in [-0.1, -0.05) is 20.8 Å². The molecule has 8 heteroatoms. The van der Waals surface area contributed by atoms with Crippen molar-refractivity contribution in [3.8, 4) is 0 Å². The summed E-state index contributed by atoms with van der Waals surface area (Å²) in [6.07, 6.45) is 4.21. The summed E-state index contributed by atoms with van der Waals surface area (Å²) >= 11 is 0. The van der Waals surface area contributed by atoms with Crippen molar-refractivity contribution in [2.75, 3.05) is 19.6 Å². The fraction of sp³-hybridized carbons (Fsp3) is 0.722. The molecule has 2 atom stereocenters. The van der Waals surface area contributed by atoms with Crippen LogP contribution in [0.3, 0.4) is 0 Å². The number of nitrogens with zero attached hydrogens (tertiary/aromatic N) is 2. The Kier molecular flexibility index (Phi) is 6.87. The van der Waals surface area contributed by atoms with Crippen LogP contribution in [0, 0.1) is 11.8 Å². The number of aryl methyl sites for hydroxylation is 1. The number of carbonyl (C=O) groups is 1. The lowest BCUT2D eigenvalue weighted by atomic mass is 10.0. The van der Waals surface area contributed by atoms with Crippen LogP contribution < -0.4 is 11.1 Å². The summed E-state index contributed by atoms with van der Waals surface area (Å²) in [5.41, 5.74) is 6.08. The maximum absolute atomic E-state index is 12.9. The van der Waals surface area contributed by atoms with Gasteiger partial charge in [-0.05, 0) is 37.2 Å². The summed E-state index contributed by atoms with van der Waals surface area (Å²) in [5, 5.41) is 2.91. The summed E-state index contributed by atoms with van der Waals surface area (Å²) in [5.74, 6) is 0.470. The van der Waals surface area contributed by atoms with Crippen LogP contribution in [0.2, 0.25) is 0 Å². The van der Waals surface area contributed by atoms with Crippen molar-refractivity contribution in [1.29, 1.82) is 0 Å². The molecule has 0 aliphatic carbocycles. The molecule has 7 nitrogen and oxygen atoms in total. The number of nitrogens with two attached hydrogens (primary N) is 1. The Hall–Kier alpha value is -1.38. The molecule has 2 unspecified atom stereocenters. The molecule has 1 aromatic rings. The highest BCUT2D eigenvalue weighted by Gasteiger charge is 2.30. The topological polar surface area (TPSA) is 97.4 Å². The first-order valence-electron chi connectivity index (χ1n) is 9.32. The van der Waals surface area contributed by atoms with E-state index in [0.717, 1.165) is 19.3 Å². The summed E-state index contributed by atoms with van der Waals surface area (Å²) in [4.78, 5) is 12.8. The number of piperidine rings is 1. The number of nitrogens with one attached hydrogen (secondary N) is 1. The molecular weight excluding hydrogens is 352 g/mol. The van der Waals surface area contributed by atoms with Gasteiger partial charge in [-0.15, -0.1) is 0 Å². The molecule has 0 bridgehead atoms.